The van der Waals surface area contributed by atoms with Crippen molar-refractivity contribution in [3.63, 3.8) is 0 Å². The molecule has 0 aliphatic carbocycles. The fraction of sp³-hybridized carbons (Fsp3) is 0.846. The number of carbonyl (C=O) groups excluding carboxylic acids is 2. The molecule has 1 atom stereocenters. The summed E-state index contributed by atoms with van der Waals surface area (Å²) in [7, 11) is 1.36. The average molecular weight is 228 g/mol. The second kappa shape index (κ2) is 9.37. The maximum absolute atomic E-state index is 11.5. The molecule has 0 aromatic carbocycles. The lowest BCUT2D eigenvalue weighted by Gasteiger charge is -2.07. The number of Topliss-reactive ketones (excluding diaryl/α,β-unsaturated/α-hetero) is 1. The third kappa shape index (κ3) is 7.43. The van der Waals surface area contributed by atoms with E-state index in [4.69, 9.17) is 0 Å². The van der Waals surface area contributed by atoms with Crippen LogP contribution in [0, 0.1) is 5.92 Å². The highest BCUT2D eigenvalue weighted by atomic mass is 16.5. The van der Waals surface area contributed by atoms with Gasteiger partial charge in [0.25, 0.3) is 0 Å². The molecule has 16 heavy (non-hydrogen) atoms. The molecule has 0 saturated carbocycles. The number of carbonyl (C=O) groups is 2. The van der Waals surface area contributed by atoms with Gasteiger partial charge in [0.1, 0.15) is 5.78 Å². The van der Waals surface area contributed by atoms with Gasteiger partial charge < -0.3 is 4.74 Å². The van der Waals surface area contributed by atoms with Gasteiger partial charge in [-0.05, 0) is 6.42 Å². The SMILES string of the molecule is CCCCCCCC(=O)CC(C)C(=O)OC. The molecule has 94 valence electrons. The molecule has 0 fully saturated rings. The van der Waals surface area contributed by atoms with Crippen LogP contribution in [0.25, 0.3) is 0 Å². The van der Waals surface area contributed by atoms with Crippen LogP contribution >= 0.6 is 0 Å². The molecule has 1 unspecified atom stereocenters. The zero-order valence-electron chi connectivity index (χ0n) is 10.8. The van der Waals surface area contributed by atoms with Gasteiger partial charge in [0.05, 0.1) is 13.0 Å². The van der Waals surface area contributed by atoms with Crippen molar-refractivity contribution in [1.29, 1.82) is 0 Å². The minimum absolute atomic E-state index is 0.175. The molecule has 0 N–H and O–H groups in total. The Morgan fingerprint density at radius 1 is 1.12 bits per heavy atom. The summed E-state index contributed by atoms with van der Waals surface area (Å²) in [6.07, 6.45) is 6.65. The number of hydrogen-bond donors (Lipinski definition) is 0. The Morgan fingerprint density at radius 3 is 2.31 bits per heavy atom. The molecular weight excluding hydrogens is 204 g/mol. The molecule has 0 saturated heterocycles. The maximum Gasteiger partial charge on any atom is 0.308 e. The van der Waals surface area contributed by atoms with Gasteiger partial charge >= 0.3 is 5.97 Å². The van der Waals surface area contributed by atoms with Crippen LogP contribution in [0.1, 0.15) is 58.8 Å². The van der Waals surface area contributed by atoms with Gasteiger partial charge in [-0.1, -0.05) is 39.5 Å². The summed E-state index contributed by atoms with van der Waals surface area (Å²) in [6, 6.07) is 0. The smallest absolute Gasteiger partial charge is 0.308 e. The van der Waals surface area contributed by atoms with E-state index in [0.717, 1.165) is 12.8 Å². The van der Waals surface area contributed by atoms with Gasteiger partial charge in [-0.2, -0.15) is 0 Å². The van der Waals surface area contributed by atoms with E-state index in [-0.39, 0.29) is 17.7 Å². The van der Waals surface area contributed by atoms with E-state index in [1.807, 2.05) is 0 Å². The minimum Gasteiger partial charge on any atom is -0.469 e. The van der Waals surface area contributed by atoms with Gasteiger partial charge in [0.2, 0.25) is 0 Å². The zero-order chi connectivity index (χ0) is 12.4. The van der Waals surface area contributed by atoms with E-state index in [9.17, 15) is 9.59 Å². The van der Waals surface area contributed by atoms with Crippen LogP contribution < -0.4 is 0 Å². The highest BCUT2D eigenvalue weighted by Crippen LogP contribution is 2.10. The van der Waals surface area contributed by atoms with E-state index in [0.29, 0.717) is 12.8 Å². The van der Waals surface area contributed by atoms with Gasteiger partial charge in [0.15, 0.2) is 0 Å². The molecule has 0 bridgehead atoms. The van der Waals surface area contributed by atoms with E-state index >= 15 is 0 Å². The zero-order valence-corrected chi connectivity index (χ0v) is 10.8. The molecule has 0 aromatic rings. The normalized spacial score (nSPS) is 12.2. The van der Waals surface area contributed by atoms with Crippen molar-refractivity contribution >= 4 is 11.8 Å². The number of methoxy groups -OCH3 is 1. The van der Waals surface area contributed by atoms with Gasteiger partial charge in [-0.3, -0.25) is 9.59 Å². The molecule has 0 radical (unpaired) electrons. The molecule has 0 aromatic heterocycles. The summed E-state index contributed by atoms with van der Waals surface area (Å²) in [6.45, 7) is 3.91. The van der Waals surface area contributed by atoms with Gasteiger partial charge in [-0.15, -0.1) is 0 Å². The summed E-state index contributed by atoms with van der Waals surface area (Å²) >= 11 is 0. The molecule has 0 aliphatic rings. The number of ketones is 1. The lowest BCUT2D eigenvalue weighted by Crippen LogP contribution is -2.16. The first kappa shape index (κ1) is 15.1. The monoisotopic (exact) mass is 228 g/mol. The molecule has 3 nitrogen and oxygen atoms in total. The molecule has 0 rings (SSSR count). The number of rotatable bonds is 9. The van der Waals surface area contributed by atoms with Crippen molar-refractivity contribution < 1.29 is 14.3 Å². The van der Waals surface area contributed by atoms with Crippen LogP contribution in [0.15, 0.2) is 0 Å². The second-order valence-electron chi connectivity index (χ2n) is 4.33. The van der Waals surface area contributed by atoms with Crippen LogP contribution in [-0.2, 0) is 14.3 Å². The Balaban J connectivity index is 3.54. The van der Waals surface area contributed by atoms with Crippen molar-refractivity contribution in [3.05, 3.63) is 0 Å². The standard InChI is InChI=1S/C13H24O3/c1-4-5-6-7-8-9-12(14)10-11(2)13(15)16-3/h11H,4-10H2,1-3H3. The van der Waals surface area contributed by atoms with Crippen molar-refractivity contribution in [1.82, 2.24) is 0 Å². The average Bonchev–Trinajstić information content (AvgIpc) is 2.27. The quantitative estimate of drug-likeness (QED) is 0.450. The predicted molar refractivity (Wildman–Crippen MR) is 64.2 cm³/mol. The summed E-state index contributed by atoms with van der Waals surface area (Å²) in [5, 5.41) is 0. The van der Waals surface area contributed by atoms with E-state index < -0.39 is 0 Å². The fourth-order valence-corrected chi connectivity index (χ4v) is 1.65. The van der Waals surface area contributed by atoms with Gasteiger partial charge in [-0.25, -0.2) is 0 Å². The Hall–Kier alpha value is -0.860. The summed E-state index contributed by atoms with van der Waals surface area (Å²) in [5.74, 6) is -0.415. The van der Waals surface area contributed by atoms with Crippen molar-refractivity contribution in [2.75, 3.05) is 7.11 Å². The van der Waals surface area contributed by atoms with Crippen molar-refractivity contribution in [2.45, 2.75) is 58.8 Å². The number of unbranched alkanes of at least 4 members (excludes halogenated alkanes) is 4. The molecular formula is C13H24O3. The lowest BCUT2D eigenvalue weighted by molar-refractivity contribution is -0.146. The Labute approximate surface area is 98.6 Å². The van der Waals surface area contributed by atoms with Crippen LogP contribution in [0.4, 0.5) is 0 Å². The number of hydrogen-bond acceptors (Lipinski definition) is 3. The maximum atomic E-state index is 11.5. The molecule has 0 spiro atoms. The molecule has 0 amide bonds. The molecule has 3 heteroatoms. The minimum atomic E-state index is -0.298. The van der Waals surface area contributed by atoms with E-state index in [1.54, 1.807) is 6.92 Å². The highest BCUT2D eigenvalue weighted by molar-refractivity contribution is 5.84. The van der Waals surface area contributed by atoms with E-state index in [1.165, 1.54) is 26.4 Å². The largest absolute Gasteiger partial charge is 0.469 e. The molecule has 0 aliphatic heterocycles. The summed E-state index contributed by atoms with van der Waals surface area (Å²) in [4.78, 5) is 22.6. The van der Waals surface area contributed by atoms with Crippen LogP contribution in [0.3, 0.4) is 0 Å². The first-order valence-corrected chi connectivity index (χ1v) is 6.21. The third-order valence-electron chi connectivity index (χ3n) is 2.70. The van der Waals surface area contributed by atoms with Crippen LogP contribution in [0.2, 0.25) is 0 Å². The topological polar surface area (TPSA) is 43.4 Å². The first-order chi connectivity index (χ1) is 7.61. The Kier molecular flexibility index (Phi) is 8.87. The van der Waals surface area contributed by atoms with Crippen molar-refractivity contribution in [3.8, 4) is 0 Å². The molecule has 0 heterocycles. The third-order valence-corrected chi connectivity index (χ3v) is 2.70. The number of esters is 1. The van der Waals surface area contributed by atoms with Crippen LogP contribution in [0.5, 0.6) is 0 Å². The Morgan fingerprint density at radius 2 is 1.75 bits per heavy atom. The van der Waals surface area contributed by atoms with E-state index in [2.05, 4.69) is 11.7 Å². The van der Waals surface area contributed by atoms with Crippen LogP contribution in [-0.4, -0.2) is 18.9 Å². The predicted octanol–water partition coefficient (Wildman–Crippen LogP) is 3.12. The highest BCUT2D eigenvalue weighted by Gasteiger charge is 2.16. The number of ether oxygens (including phenoxy) is 1. The summed E-state index contributed by atoms with van der Waals surface area (Å²) in [5.41, 5.74) is 0. The van der Waals surface area contributed by atoms with Crippen molar-refractivity contribution in [2.24, 2.45) is 5.92 Å². The fourth-order valence-electron chi connectivity index (χ4n) is 1.65. The Bertz CT molecular complexity index is 211. The summed E-state index contributed by atoms with van der Waals surface area (Å²) < 4.78 is 4.58. The first-order valence-electron chi connectivity index (χ1n) is 6.21. The lowest BCUT2D eigenvalue weighted by atomic mass is 10.0. The van der Waals surface area contributed by atoms with Gasteiger partial charge in [0, 0.05) is 12.8 Å². The second-order valence-corrected chi connectivity index (χ2v) is 4.33.